The highest BCUT2D eigenvalue weighted by molar-refractivity contribution is 5.88. The SMILES string of the molecule is CCN(CC)Cc1[15nH]c(C(=O)O)c(C)c1CCC(=O)OC. The lowest BCUT2D eigenvalue weighted by atomic mass is 10.0. The molecule has 1 rings (SSSR count). The van der Waals surface area contributed by atoms with Crippen LogP contribution in [-0.4, -0.2) is 47.1 Å². The van der Waals surface area contributed by atoms with Gasteiger partial charge in [0.1, 0.15) is 5.69 Å². The number of aromatic amines is 1. The van der Waals surface area contributed by atoms with Crippen LogP contribution in [0, 0.1) is 6.92 Å². The Kier molecular flexibility index (Phi) is 6.42. The van der Waals surface area contributed by atoms with E-state index in [1.54, 1.807) is 6.92 Å². The molecule has 0 aliphatic heterocycles. The van der Waals surface area contributed by atoms with Crippen LogP contribution in [0.5, 0.6) is 0 Å². The lowest BCUT2D eigenvalue weighted by molar-refractivity contribution is -0.140. The van der Waals surface area contributed by atoms with Crippen molar-refractivity contribution in [2.24, 2.45) is 0 Å². The van der Waals surface area contributed by atoms with E-state index in [4.69, 9.17) is 0 Å². The molecule has 0 aliphatic rings. The number of aromatic nitrogens is 1. The van der Waals surface area contributed by atoms with Crippen molar-refractivity contribution in [1.82, 2.24) is 9.88 Å². The zero-order valence-corrected chi connectivity index (χ0v) is 13.2. The van der Waals surface area contributed by atoms with Crippen molar-refractivity contribution in [3.63, 3.8) is 0 Å². The number of hydrogen-bond donors (Lipinski definition) is 2. The van der Waals surface area contributed by atoms with E-state index < -0.39 is 5.97 Å². The second-order valence-corrected chi connectivity index (χ2v) is 4.92. The minimum absolute atomic E-state index is 0.206. The maximum atomic E-state index is 11.3. The highest BCUT2D eigenvalue weighted by Crippen LogP contribution is 2.22. The van der Waals surface area contributed by atoms with E-state index in [9.17, 15) is 14.7 Å². The molecular weight excluding hydrogens is 273 g/mol. The van der Waals surface area contributed by atoms with Crippen molar-refractivity contribution in [1.29, 1.82) is 0 Å². The van der Waals surface area contributed by atoms with Gasteiger partial charge in [-0.25, -0.2) is 4.79 Å². The zero-order valence-electron chi connectivity index (χ0n) is 13.2. The Bertz CT molecular complexity index is 504. The third-order valence-electron chi connectivity index (χ3n) is 3.76. The van der Waals surface area contributed by atoms with Gasteiger partial charge in [-0.1, -0.05) is 13.8 Å². The van der Waals surface area contributed by atoms with Crippen LogP contribution in [0.15, 0.2) is 0 Å². The highest BCUT2D eigenvalue weighted by atomic mass is 16.5. The molecule has 0 atom stereocenters. The second kappa shape index (κ2) is 7.83. The molecule has 0 saturated carbocycles. The van der Waals surface area contributed by atoms with E-state index in [2.05, 4.69) is 28.5 Å². The van der Waals surface area contributed by atoms with E-state index in [-0.39, 0.29) is 18.1 Å². The van der Waals surface area contributed by atoms with Gasteiger partial charge in [0.05, 0.1) is 7.11 Å². The first-order valence-electron chi connectivity index (χ1n) is 7.17. The predicted octanol–water partition coefficient (Wildman–Crippen LogP) is 1.97. The molecule has 0 fully saturated rings. The summed E-state index contributed by atoms with van der Waals surface area (Å²) in [6, 6.07) is 0. The molecule has 1 heterocycles. The normalized spacial score (nSPS) is 10.9. The van der Waals surface area contributed by atoms with E-state index in [1.165, 1.54) is 7.11 Å². The second-order valence-electron chi connectivity index (χ2n) is 4.92. The molecular formula is C15H24N2O4. The number of carbonyl (C=O) groups excluding carboxylic acids is 1. The Morgan fingerprint density at radius 3 is 2.38 bits per heavy atom. The van der Waals surface area contributed by atoms with Crippen LogP contribution in [0.1, 0.15) is 47.6 Å². The minimum Gasteiger partial charge on any atom is -0.477 e. The number of carbonyl (C=O) groups is 2. The van der Waals surface area contributed by atoms with Gasteiger partial charge in [-0.05, 0) is 37.6 Å². The maximum absolute atomic E-state index is 11.3. The summed E-state index contributed by atoms with van der Waals surface area (Å²) >= 11 is 0. The van der Waals surface area contributed by atoms with Gasteiger partial charge in [0, 0.05) is 18.7 Å². The first-order valence-corrected chi connectivity index (χ1v) is 7.17. The maximum Gasteiger partial charge on any atom is 0.352 e. The molecule has 0 amide bonds. The molecule has 1 aromatic heterocycles. The van der Waals surface area contributed by atoms with Crippen molar-refractivity contribution in [3.05, 3.63) is 22.5 Å². The van der Waals surface area contributed by atoms with Gasteiger partial charge in [-0.15, -0.1) is 0 Å². The molecule has 2 N–H and O–H groups in total. The first-order chi connectivity index (χ1) is 9.94. The Labute approximate surface area is 125 Å². The summed E-state index contributed by atoms with van der Waals surface area (Å²) in [5.74, 6) is -1.26. The van der Waals surface area contributed by atoms with Crippen molar-refractivity contribution in [3.8, 4) is 0 Å². The predicted molar refractivity (Wildman–Crippen MR) is 79.5 cm³/mol. The molecule has 1 aromatic rings. The van der Waals surface area contributed by atoms with Gasteiger partial charge < -0.3 is 14.8 Å². The van der Waals surface area contributed by atoms with Crippen LogP contribution in [0.25, 0.3) is 0 Å². The number of H-pyrrole nitrogens is 1. The number of carboxylic acid groups (broad SMARTS) is 1. The Morgan fingerprint density at radius 2 is 1.90 bits per heavy atom. The molecule has 0 unspecified atom stereocenters. The van der Waals surface area contributed by atoms with E-state index in [0.717, 1.165) is 24.3 Å². The van der Waals surface area contributed by atoms with Gasteiger partial charge in [-0.3, -0.25) is 9.69 Å². The van der Waals surface area contributed by atoms with E-state index >= 15 is 0 Å². The fourth-order valence-corrected chi connectivity index (χ4v) is 2.38. The number of nitrogens with zero attached hydrogens (tertiary/aromatic N) is 1. The smallest absolute Gasteiger partial charge is 0.352 e. The largest absolute Gasteiger partial charge is 0.477 e. The summed E-state index contributed by atoms with van der Waals surface area (Å²) in [5.41, 5.74) is 2.69. The topological polar surface area (TPSA) is 82.6 Å². The average molecular weight is 297 g/mol. The molecule has 0 radical (unpaired) electrons. The van der Waals surface area contributed by atoms with Gasteiger partial charge >= 0.3 is 11.9 Å². The van der Waals surface area contributed by atoms with Gasteiger partial charge in [0.2, 0.25) is 0 Å². The third-order valence-corrected chi connectivity index (χ3v) is 3.76. The molecule has 0 spiro atoms. The van der Waals surface area contributed by atoms with Crippen LogP contribution < -0.4 is 0 Å². The third kappa shape index (κ3) is 4.32. The van der Waals surface area contributed by atoms with Crippen molar-refractivity contribution < 1.29 is 19.4 Å². The van der Waals surface area contributed by atoms with Crippen LogP contribution >= 0.6 is 0 Å². The van der Waals surface area contributed by atoms with Gasteiger partial charge in [-0.2, -0.15) is 0 Å². The van der Waals surface area contributed by atoms with Crippen molar-refractivity contribution in [2.45, 2.75) is 40.2 Å². The van der Waals surface area contributed by atoms with Crippen molar-refractivity contribution in [2.75, 3.05) is 20.2 Å². The Hall–Kier alpha value is -1.82. The van der Waals surface area contributed by atoms with Crippen molar-refractivity contribution >= 4 is 11.9 Å². The summed E-state index contributed by atoms with van der Waals surface area (Å²) in [7, 11) is 1.35. The quantitative estimate of drug-likeness (QED) is 0.717. The summed E-state index contributed by atoms with van der Waals surface area (Å²) < 4.78 is 4.65. The number of rotatable bonds is 8. The first kappa shape index (κ1) is 17.2. The molecule has 21 heavy (non-hydrogen) atoms. The van der Waals surface area contributed by atoms with Gasteiger partial charge in [0.25, 0.3) is 0 Å². The van der Waals surface area contributed by atoms with Crippen LogP contribution in [0.4, 0.5) is 0 Å². The number of methoxy groups -OCH3 is 1. The van der Waals surface area contributed by atoms with E-state index in [0.29, 0.717) is 18.5 Å². The fourth-order valence-electron chi connectivity index (χ4n) is 2.38. The lowest BCUT2D eigenvalue weighted by Crippen LogP contribution is -2.23. The molecule has 0 bridgehead atoms. The molecule has 6 nitrogen and oxygen atoms in total. The van der Waals surface area contributed by atoms with Crippen LogP contribution in [0.3, 0.4) is 0 Å². The minimum atomic E-state index is -0.974. The Morgan fingerprint density at radius 1 is 1.29 bits per heavy atom. The summed E-state index contributed by atoms with van der Waals surface area (Å²) in [5, 5.41) is 9.24. The highest BCUT2D eigenvalue weighted by Gasteiger charge is 2.20. The number of nitrogens with one attached hydrogen (secondary N) is 1. The number of aromatic carboxylic acids is 1. The molecule has 6 heteroatoms. The summed E-state index contributed by atoms with van der Waals surface area (Å²) in [4.78, 5) is 27.8. The molecule has 0 saturated heterocycles. The lowest BCUT2D eigenvalue weighted by Gasteiger charge is -2.18. The Balaban J connectivity index is 3.05. The van der Waals surface area contributed by atoms with E-state index in [1.807, 2.05) is 0 Å². The number of hydrogen-bond acceptors (Lipinski definition) is 4. The number of ether oxygens (including phenoxy) is 1. The van der Waals surface area contributed by atoms with Crippen LogP contribution in [0.2, 0.25) is 0 Å². The number of carboxylic acids is 1. The number of esters is 1. The average Bonchev–Trinajstić information content (AvgIpc) is 2.78. The summed E-state index contributed by atoms with van der Waals surface area (Å²) in [6.45, 7) is 8.31. The van der Waals surface area contributed by atoms with Crippen LogP contribution in [-0.2, 0) is 22.5 Å². The summed E-state index contributed by atoms with van der Waals surface area (Å²) in [6.07, 6.45) is 0.735. The molecule has 0 aromatic carbocycles. The van der Waals surface area contributed by atoms with Gasteiger partial charge in [0.15, 0.2) is 0 Å². The standard InChI is InChI=1S/C15H24N2O4/c1-5-17(6-2)9-12-11(7-8-13(18)21-4)10(3)14(16-12)15(19)20/h16H,5-9H2,1-4H3,(H,19,20)/i16+1. The fraction of sp³-hybridized carbons (Fsp3) is 0.600. The monoisotopic (exact) mass is 297 g/mol. The molecule has 118 valence electrons. The molecule has 0 aliphatic carbocycles. The zero-order chi connectivity index (χ0) is 16.0.